The van der Waals surface area contributed by atoms with Gasteiger partial charge in [0.05, 0.1) is 0 Å². The van der Waals surface area contributed by atoms with Crippen molar-refractivity contribution in [3.05, 3.63) is 48.0 Å². The van der Waals surface area contributed by atoms with E-state index in [-0.39, 0.29) is 18.0 Å². The summed E-state index contributed by atoms with van der Waals surface area (Å²) in [5.41, 5.74) is 2.62. The van der Waals surface area contributed by atoms with Crippen molar-refractivity contribution in [1.29, 1.82) is 0 Å². The largest absolute Gasteiger partial charge is 0.331 e. The summed E-state index contributed by atoms with van der Waals surface area (Å²) in [7, 11) is 0. The maximum Gasteiger partial charge on any atom is 0.246 e. The monoisotopic (exact) mass is 272 g/mol. The van der Waals surface area contributed by atoms with Gasteiger partial charge in [0.2, 0.25) is 5.91 Å². The van der Waals surface area contributed by atoms with Crippen LogP contribution in [-0.2, 0) is 11.3 Å². The van der Waals surface area contributed by atoms with E-state index in [1.807, 2.05) is 4.90 Å². The highest BCUT2D eigenvalue weighted by Gasteiger charge is 2.31. The van der Waals surface area contributed by atoms with E-state index in [1.54, 1.807) is 0 Å². The third-order valence-electron chi connectivity index (χ3n) is 3.95. The molecule has 1 saturated heterocycles. The van der Waals surface area contributed by atoms with Crippen LogP contribution >= 0.6 is 0 Å². The second kappa shape index (κ2) is 6.23. The lowest BCUT2D eigenvalue weighted by Gasteiger charge is -2.44. The van der Waals surface area contributed by atoms with E-state index < -0.39 is 0 Å². The maximum absolute atomic E-state index is 11.9. The fraction of sp³-hybridized carbons (Fsp3) is 0.471. The summed E-state index contributed by atoms with van der Waals surface area (Å²) in [5.74, 6) is 0.0417. The first-order valence-electron chi connectivity index (χ1n) is 7.24. The zero-order valence-corrected chi connectivity index (χ0v) is 12.7. The molecule has 1 aromatic rings. The van der Waals surface area contributed by atoms with Gasteiger partial charge >= 0.3 is 0 Å². The highest BCUT2D eigenvalue weighted by atomic mass is 16.2. The maximum atomic E-state index is 11.9. The number of amides is 1. The summed E-state index contributed by atoms with van der Waals surface area (Å²) >= 11 is 0. The number of hydrogen-bond acceptors (Lipinski definition) is 2. The predicted molar refractivity (Wildman–Crippen MR) is 82.4 cm³/mol. The second-order valence-electron chi connectivity index (χ2n) is 5.83. The molecule has 0 aliphatic carbocycles. The van der Waals surface area contributed by atoms with Gasteiger partial charge in [-0.1, -0.05) is 36.4 Å². The number of aryl methyl sites for hydroxylation is 1. The Balaban J connectivity index is 2.01. The van der Waals surface area contributed by atoms with Crippen LogP contribution in [0.3, 0.4) is 0 Å². The Kier molecular flexibility index (Phi) is 4.61. The van der Waals surface area contributed by atoms with Gasteiger partial charge in [-0.05, 0) is 32.4 Å². The van der Waals surface area contributed by atoms with Crippen LogP contribution in [0.4, 0.5) is 0 Å². The molecule has 3 heteroatoms. The number of benzene rings is 1. The normalized spacial score (nSPS) is 23.6. The number of piperazine rings is 1. The minimum atomic E-state index is 0.0417. The lowest BCUT2D eigenvalue weighted by Crippen LogP contribution is -2.57. The van der Waals surface area contributed by atoms with Crippen LogP contribution < -0.4 is 0 Å². The minimum absolute atomic E-state index is 0.0417. The number of carbonyl (C=O) groups is 1. The first-order valence-corrected chi connectivity index (χ1v) is 7.24. The van der Waals surface area contributed by atoms with E-state index in [2.05, 4.69) is 56.5 Å². The Hall–Kier alpha value is -1.61. The topological polar surface area (TPSA) is 23.6 Å². The van der Waals surface area contributed by atoms with Crippen molar-refractivity contribution in [3.63, 3.8) is 0 Å². The van der Waals surface area contributed by atoms with Crippen molar-refractivity contribution in [3.8, 4) is 0 Å². The highest BCUT2D eigenvalue weighted by molar-refractivity contribution is 5.87. The molecular weight excluding hydrogens is 248 g/mol. The van der Waals surface area contributed by atoms with Gasteiger partial charge in [-0.2, -0.15) is 0 Å². The molecule has 1 heterocycles. The van der Waals surface area contributed by atoms with Crippen LogP contribution in [0.25, 0.3) is 0 Å². The fourth-order valence-electron chi connectivity index (χ4n) is 3.05. The van der Waals surface area contributed by atoms with Gasteiger partial charge in [-0.15, -0.1) is 0 Å². The van der Waals surface area contributed by atoms with Crippen LogP contribution in [-0.4, -0.2) is 40.9 Å². The van der Waals surface area contributed by atoms with Gasteiger partial charge in [0.25, 0.3) is 0 Å². The molecule has 20 heavy (non-hydrogen) atoms. The predicted octanol–water partition coefficient (Wildman–Crippen LogP) is 2.60. The van der Waals surface area contributed by atoms with Gasteiger partial charge in [0.1, 0.15) is 0 Å². The Labute approximate surface area is 121 Å². The van der Waals surface area contributed by atoms with Gasteiger partial charge in [-0.3, -0.25) is 9.69 Å². The number of carbonyl (C=O) groups excluding carboxylic acids is 1. The summed E-state index contributed by atoms with van der Waals surface area (Å²) in [5, 5.41) is 0. The quantitative estimate of drug-likeness (QED) is 0.790. The average molecular weight is 272 g/mol. The Morgan fingerprint density at radius 2 is 1.80 bits per heavy atom. The molecule has 2 atom stereocenters. The zero-order valence-electron chi connectivity index (χ0n) is 12.7. The lowest BCUT2D eigenvalue weighted by atomic mass is 10.1. The van der Waals surface area contributed by atoms with Crippen molar-refractivity contribution in [2.24, 2.45) is 0 Å². The van der Waals surface area contributed by atoms with E-state index >= 15 is 0 Å². The molecule has 0 saturated carbocycles. The molecule has 1 aliphatic rings. The van der Waals surface area contributed by atoms with E-state index in [0.717, 1.165) is 19.6 Å². The van der Waals surface area contributed by atoms with Crippen molar-refractivity contribution in [1.82, 2.24) is 9.80 Å². The molecule has 0 radical (unpaired) electrons. The second-order valence-corrected chi connectivity index (χ2v) is 5.83. The first-order chi connectivity index (χ1) is 9.51. The zero-order chi connectivity index (χ0) is 14.7. The molecule has 1 amide bonds. The molecule has 1 aromatic carbocycles. The van der Waals surface area contributed by atoms with Crippen molar-refractivity contribution in [2.75, 3.05) is 13.1 Å². The third-order valence-corrected chi connectivity index (χ3v) is 3.95. The summed E-state index contributed by atoms with van der Waals surface area (Å²) in [6.45, 7) is 12.7. The van der Waals surface area contributed by atoms with E-state index in [9.17, 15) is 4.79 Å². The van der Waals surface area contributed by atoms with Crippen LogP contribution in [0.1, 0.15) is 25.0 Å². The summed E-state index contributed by atoms with van der Waals surface area (Å²) in [6, 6.07) is 9.14. The van der Waals surface area contributed by atoms with Crippen molar-refractivity contribution < 1.29 is 4.79 Å². The Morgan fingerprint density at radius 3 is 2.30 bits per heavy atom. The molecule has 2 rings (SSSR count). The van der Waals surface area contributed by atoms with Gasteiger partial charge < -0.3 is 4.90 Å². The molecule has 0 N–H and O–H groups in total. The van der Waals surface area contributed by atoms with E-state index in [4.69, 9.17) is 0 Å². The Morgan fingerprint density at radius 1 is 1.25 bits per heavy atom. The molecule has 108 valence electrons. The number of hydrogen-bond donors (Lipinski definition) is 0. The molecule has 3 nitrogen and oxygen atoms in total. The molecule has 1 fully saturated rings. The summed E-state index contributed by atoms with van der Waals surface area (Å²) in [4.78, 5) is 16.2. The molecule has 0 aromatic heterocycles. The van der Waals surface area contributed by atoms with Crippen LogP contribution in [0.15, 0.2) is 36.9 Å². The molecule has 1 aliphatic heterocycles. The molecule has 0 bridgehead atoms. The molecular formula is C17H24N2O. The van der Waals surface area contributed by atoms with Gasteiger partial charge in [-0.25, -0.2) is 0 Å². The standard InChI is InChI=1S/C17H24N2O/c1-5-17(20)19-14(3)10-18(11-15(19)4)12-16-8-6-13(2)7-9-16/h5-9,14-15H,1,10-12H2,2-4H3/t14-,15+. The molecule has 0 unspecified atom stereocenters. The van der Waals surface area contributed by atoms with E-state index in [0.29, 0.717) is 0 Å². The van der Waals surface area contributed by atoms with Gasteiger partial charge in [0.15, 0.2) is 0 Å². The fourth-order valence-corrected chi connectivity index (χ4v) is 3.05. The number of nitrogens with zero attached hydrogens (tertiary/aromatic N) is 2. The molecule has 0 spiro atoms. The van der Waals surface area contributed by atoms with Crippen LogP contribution in [0, 0.1) is 6.92 Å². The Bertz CT molecular complexity index is 468. The summed E-state index contributed by atoms with van der Waals surface area (Å²) < 4.78 is 0. The third kappa shape index (κ3) is 3.28. The van der Waals surface area contributed by atoms with Crippen LogP contribution in [0.2, 0.25) is 0 Å². The van der Waals surface area contributed by atoms with E-state index in [1.165, 1.54) is 17.2 Å². The first kappa shape index (κ1) is 14.8. The van der Waals surface area contributed by atoms with Crippen LogP contribution in [0.5, 0.6) is 0 Å². The van der Waals surface area contributed by atoms with Crippen molar-refractivity contribution >= 4 is 5.91 Å². The lowest BCUT2D eigenvalue weighted by molar-refractivity contribution is -0.133. The number of rotatable bonds is 3. The van der Waals surface area contributed by atoms with Crippen molar-refractivity contribution in [2.45, 2.75) is 39.4 Å². The smallest absolute Gasteiger partial charge is 0.246 e. The summed E-state index contributed by atoms with van der Waals surface area (Å²) in [6.07, 6.45) is 1.42. The van der Waals surface area contributed by atoms with Gasteiger partial charge in [0, 0.05) is 31.7 Å². The average Bonchev–Trinajstić information content (AvgIpc) is 2.40. The highest BCUT2D eigenvalue weighted by Crippen LogP contribution is 2.18. The minimum Gasteiger partial charge on any atom is -0.331 e. The SMILES string of the molecule is C=CC(=O)N1[C@H](C)CN(Cc2ccc(C)cc2)C[C@@H]1C.